The lowest BCUT2D eigenvalue weighted by molar-refractivity contribution is 0.575. The summed E-state index contributed by atoms with van der Waals surface area (Å²) in [5.41, 5.74) is 0. The van der Waals surface area contributed by atoms with Crippen LogP contribution in [0, 0.1) is 5.82 Å². The van der Waals surface area contributed by atoms with Crippen LogP contribution in [0.25, 0.3) is 0 Å². The number of alkyl halides is 1. The topological polar surface area (TPSA) is 46.2 Å². The molecule has 1 N–H and O–H groups in total. The fourth-order valence-corrected chi connectivity index (χ4v) is 2.42. The molecule has 3 nitrogen and oxygen atoms in total. The monoisotopic (exact) mass is 309 g/mol. The van der Waals surface area contributed by atoms with Crippen LogP contribution in [0.1, 0.15) is 13.3 Å². The predicted octanol–water partition coefficient (Wildman–Crippen LogP) is 2.28. The quantitative estimate of drug-likeness (QED) is 0.848. The highest BCUT2D eigenvalue weighted by Gasteiger charge is 2.13. The zero-order valence-corrected chi connectivity index (χ0v) is 11.2. The SMILES string of the molecule is CC(Br)CCNS(=O)(=O)c1cccc(F)c1. The third kappa shape index (κ3) is 4.19. The highest BCUT2D eigenvalue weighted by molar-refractivity contribution is 9.09. The molecule has 0 amide bonds. The summed E-state index contributed by atoms with van der Waals surface area (Å²) in [6, 6.07) is 4.94. The van der Waals surface area contributed by atoms with E-state index in [-0.39, 0.29) is 9.72 Å². The van der Waals surface area contributed by atoms with Crippen molar-refractivity contribution < 1.29 is 12.8 Å². The average Bonchev–Trinajstić information content (AvgIpc) is 2.16. The molecular formula is C10H13BrFNO2S. The molecule has 0 bridgehead atoms. The van der Waals surface area contributed by atoms with Crippen LogP contribution in [0.2, 0.25) is 0 Å². The van der Waals surface area contributed by atoms with Crippen molar-refractivity contribution in [2.45, 2.75) is 23.1 Å². The van der Waals surface area contributed by atoms with Crippen LogP contribution in [0.4, 0.5) is 4.39 Å². The minimum atomic E-state index is -3.59. The van der Waals surface area contributed by atoms with Crippen LogP contribution in [0.3, 0.4) is 0 Å². The fourth-order valence-electron chi connectivity index (χ4n) is 1.11. The Bertz CT molecular complexity index is 448. The Morgan fingerprint density at radius 1 is 1.50 bits per heavy atom. The lowest BCUT2D eigenvalue weighted by atomic mass is 10.3. The Kier molecular flexibility index (Phi) is 4.89. The molecule has 1 aromatic carbocycles. The number of hydrogen-bond acceptors (Lipinski definition) is 2. The van der Waals surface area contributed by atoms with E-state index in [0.29, 0.717) is 13.0 Å². The molecule has 0 aliphatic carbocycles. The van der Waals surface area contributed by atoms with Crippen LogP contribution in [-0.2, 0) is 10.0 Å². The first kappa shape index (κ1) is 13.6. The fraction of sp³-hybridized carbons (Fsp3) is 0.400. The van der Waals surface area contributed by atoms with Gasteiger partial charge < -0.3 is 0 Å². The van der Waals surface area contributed by atoms with E-state index in [4.69, 9.17) is 0 Å². The zero-order valence-electron chi connectivity index (χ0n) is 8.78. The first-order valence-corrected chi connectivity index (χ1v) is 7.21. The Morgan fingerprint density at radius 3 is 2.75 bits per heavy atom. The van der Waals surface area contributed by atoms with Crippen LogP contribution >= 0.6 is 15.9 Å². The van der Waals surface area contributed by atoms with E-state index in [9.17, 15) is 12.8 Å². The summed E-state index contributed by atoms with van der Waals surface area (Å²) in [6.45, 7) is 2.25. The number of sulfonamides is 1. The Morgan fingerprint density at radius 2 is 2.19 bits per heavy atom. The van der Waals surface area contributed by atoms with E-state index in [1.807, 2.05) is 6.92 Å². The maximum atomic E-state index is 12.8. The average molecular weight is 310 g/mol. The minimum Gasteiger partial charge on any atom is -0.211 e. The van der Waals surface area contributed by atoms with Gasteiger partial charge in [0.15, 0.2) is 0 Å². The molecule has 6 heteroatoms. The summed E-state index contributed by atoms with van der Waals surface area (Å²) in [5.74, 6) is -0.559. The number of benzene rings is 1. The molecule has 16 heavy (non-hydrogen) atoms. The summed E-state index contributed by atoms with van der Waals surface area (Å²) in [6.07, 6.45) is 0.675. The smallest absolute Gasteiger partial charge is 0.211 e. The molecule has 0 aromatic heterocycles. The summed E-state index contributed by atoms with van der Waals surface area (Å²) in [4.78, 5) is 0.192. The highest BCUT2D eigenvalue weighted by Crippen LogP contribution is 2.10. The molecule has 90 valence electrons. The van der Waals surface area contributed by atoms with Crippen molar-refractivity contribution in [2.75, 3.05) is 6.54 Å². The Labute approximate surface area is 103 Å². The Hall–Kier alpha value is -0.460. The number of rotatable bonds is 5. The predicted molar refractivity (Wildman–Crippen MR) is 64.6 cm³/mol. The van der Waals surface area contributed by atoms with Crippen LogP contribution in [0.15, 0.2) is 29.2 Å². The normalized spacial score (nSPS) is 13.7. The minimum absolute atomic E-state index is 0.0466. The molecule has 1 atom stereocenters. The van der Waals surface area contributed by atoms with Gasteiger partial charge in [0.2, 0.25) is 10.0 Å². The van der Waals surface area contributed by atoms with Gasteiger partial charge in [0.1, 0.15) is 5.82 Å². The van der Waals surface area contributed by atoms with Crippen LogP contribution < -0.4 is 4.72 Å². The summed E-state index contributed by atoms with van der Waals surface area (Å²) in [7, 11) is -3.59. The van der Waals surface area contributed by atoms with E-state index in [2.05, 4.69) is 20.7 Å². The van der Waals surface area contributed by atoms with Gasteiger partial charge in [-0.15, -0.1) is 0 Å². The molecule has 0 radical (unpaired) electrons. The van der Waals surface area contributed by atoms with Crippen molar-refractivity contribution in [3.05, 3.63) is 30.1 Å². The molecule has 0 heterocycles. The third-order valence-corrected chi connectivity index (χ3v) is 3.86. The standard InChI is InChI=1S/C10H13BrFNO2S/c1-8(11)5-6-13-16(14,15)10-4-2-3-9(12)7-10/h2-4,7-8,13H,5-6H2,1H3. The number of hydrogen-bond donors (Lipinski definition) is 1. The van der Waals surface area contributed by atoms with Gasteiger partial charge in [0, 0.05) is 11.4 Å². The number of halogens is 2. The highest BCUT2D eigenvalue weighted by atomic mass is 79.9. The van der Waals surface area contributed by atoms with Crippen molar-refractivity contribution in [1.29, 1.82) is 0 Å². The van der Waals surface area contributed by atoms with Gasteiger partial charge in [0.25, 0.3) is 0 Å². The van der Waals surface area contributed by atoms with E-state index in [0.717, 1.165) is 6.07 Å². The van der Waals surface area contributed by atoms with E-state index in [1.165, 1.54) is 18.2 Å². The maximum absolute atomic E-state index is 12.8. The molecule has 1 rings (SSSR count). The second-order valence-electron chi connectivity index (χ2n) is 3.42. The molecular weight excluding hydrogens is 297 g/mol. The molecule has 0 fully saturated rings. The maximum Gasteiger partial charge on any atom is 0.240 e. The first-order valence-electron chi connectivity index (χ1n) is 4.81. The van der Waals surface area contributed by atoms with Crippen LogP contribution in [0.5, 0.6) is 0 Å². The molecule has 0 saturated carbocycles. The lowest BCUT2D eigenvalue weighted by Gasteiger charge is -2.07. The summed E-state index contributed by atoms with van der Waals surface area (Å²) in [5, 5.41) is 0. The van der Waals surface area contributed by atoms with E-state index >= 15 is 0 Å². The van der Waals surface area contributed by atoms with Gasteiger partial charge >= 0.3 is 0 Å². The first-order chi connectivity index (χ1) is 7.42. The molecule has 0 spiro atoms. The van der Waals surface area contributed by atoms with E-state index in [1.54, 1.807) is 0 Å². The van der Waals surface area contributed by atoms with Crippen molar-refractivity contribution in [3.8, 4) is 0 Å². The van der Waals surface area contributed by atoms with Gasteiger partial charge in [-0.05, 0) is 24.6 Å². The summed E-state index contributed by atoms with van der Waals surface area (Å²) >= 11 is 3.32. The number of nitrogens with one attached hydrogen (secondary N) is 1. The largest absolute Gasteiger partial charge is 0.240 e. The van der Waals surface area contributed by atoms with Crippen molar-refractivity contribution in [1.82, 2.24) is 4.72 Å². The van der Waals surface area contributed by atoms with Gasteiger partial charge in [-0.3, -0.25) is 0 Å². The van der Waals surface area contributed by atoms with E-state index < -0.39 is 15.8 Å². The molecule has 1 unspecified atom stereocenters. The molecule has 1 aromatic rings. The van der Waals surface area contributed by atoms with Gasteiger partial charge in [-0.2, -0.15) is 0 Å². The molecule has 0 aliphatic rings. The Balaban J connectivity index is 2.71. The van der Waals surface area contributed by atoms with Gasteiger partial charge in [-0.25, -0.2) is 17.5 Å². The van der Waals surface area contributed by atoms with Crippen molar-refractivity contribution in [3.63, 3.8) is 0 Å². The third-order valence-electron chi connectivity index (χ3n) is 1.94. The second-order valence-corrected chi connectivity index (χ2v) is 6.75. The van der Waals surface area contributed by atoms with Gasteiger partial charge in [-0.1, -0.05) is 28.9 Å². The second kappa shape index (κ2) is 5.75. The van der Waals surface area contributed by atoms with Gasteiger partial charge in [0.05, 0.1) is 4.90 Å². The zero-order chi connectivity index (χ0) is 12.2. The lowest BCUT2D eigenvalue weighted by Crippen LogP contribution is -2.26. The molecule has 0 aliphatic heterocycles. The van der Waals surface area contributed by atoms with Crippen molar-refractivity contribution in [2.24, 2.45) is 0 Å². The van der Waals surface area contributed by atoms with Crippen molar-refractivity contribution >= 4 is 26.0 Å². The summed E-state index contributed by atoms with van der Waals surface area (Å²) < 4.78 is 38.6. The van der Waals surface area contributed by atoms with Crippen LogP contribution in [-0.4, -0.2) is 19.8 Å². The molecule has 0 saturated heterocycles.